The Morgan fingerprint density at radius 3 is 2.62 bits per heavy atom. The first-order valence-electron chi connectivity index (χ1n) is 9.56. The number of hydrogen-bond acceptors (Lipinski definition) is 5. The highest BCUT2D eigenvalue weighted by Crippen LogP contribution is 2.36. The van der Waals surface area contributed by atoms with E-state index < -0.39 is 0 Å². The number of anilines is 1. The average molecular weight is 385 g/mol. The van der Waals surface area contributed by atoms with Gasteiger partial charge in [-0.1, -0.05) is 30.3 Å². The zero-order valence-electron chi connectivity index (χ0n) is 15.7. The molecule has 4 aromatic rings. The molecule has 144 valence electrons. The lowest BCUT2D eigenvalue weighted by Crippen LogP contribution is -2.20. The van der Waals surface area contributed by atoms with Crippen LogP contribution in [0, 0.1) is 0 Å². The molecule has 0 unspecified atom stereocenters. The highest BCUT2D eigenvalue weighted by molar-refractivity contribution is 5.92. The van der Waals surface area contributed by atoms with E-state index in [1.54, 1.807) is 0 Å². The van der Waals surface area contributed by atoms with Crippen LogP contribution in [0.5, 0.6) is 5.75 Å². The van der Waals surface area contributed by atoms with Gasteiger partial charge in [0.1, 0.15) is 5.75 Å². The van der Waals surface area contributed by atoms with Gasteiger partial charge < -0.3 is 10.1 Å². The van der Waals surface area contributed by atoms with Crippen LogP contribution in [0.2, 0.25) is 0 Å². The van der Waals surface area contributed by atoms with E-state index in [0.717, 1.165) is 35.0 Å². The molecule has 0 spiro atoms. The summed E-state index contributed by atoms with van der Waals surface area (Å²) in [4.78, 5) is 12.2. The molecule has 1 heterocycles. The van der Waals surface area contributed by atoms with E-state index in [0.29, 0.717) is 17.5 Å². The highest BCUT2D eigenvalue weighted by atomic mass is 16.5. The highest BCUT2D eigenvalue weighted by Gasteiger charge is 2.28. The maximum Gasteiger partial charge on any atom is 0.262 e. The zero-order chi connectivity index (χ0) is 19.6. The third-order valence-corrected chi connectivity index (χ3v) is 4.90. The summed E-state index contributed by atoms with van der Waals surface area (Å²) < 4.78 is 7.50. The second-order valence-corrected chi connectivity index (χ2v) is 7.10. The molecule has 1 saturated carbocycles. The summed E-state index contributed by atoms with van der Waals surface area (Å²) in [5.41, 5.74) is 1.62. The Morgan fingerprint density at radius 2 is 1.83 bits per heavy atom. The number of carbonyl (C=O) groups is 1. The summed E-state index contributed by atoms with van der Waals surface area (Å²) in [6.07, 6.45) is 2.23. The van der Waals surface area contributed by atoms with Gasteiger partial charge in [0.05, 0.1) is 6.04 Å². The van der Waals surface area contributed by atoms with Crippen molar-refractivity contribution in [3.63, 3.8) is 0 Å². The van der Waals surface area contributed by atoms with Gasteiger partial charge in [-0.3, -0.25) is 4.79 Å². The smallest absolute Gasteiger partial charge is 0.262 e. The summed E-state index contributed by atoms with van der Waals surface area (Å²) in [5, 5.41) is 17.0. The molecule has 5 rings (SSSR count). The van der Waals surface area contributed by atoms with Crippen molar-refractivity contribution in [1.29, 1.82) is 0 Å². The molecule has 0 saturated heterocycles. The minimum atomic E-state index is -0.214. The van der Waals surface area contributed by atoms with Gasteiger partial charge in [-0.2, -0.15) is 0 Å². The number of rotatable bonds is 6. The van der Waals surface area contributed by atoms with Gasteiger partial charge in [0.2, 0.25) is 0 Å². The molecule has 1 amide bonds. The molecule has 3 aromatic carbocycles. The van der Waals surface area contributed by atoms with Gasteiger partial charge in [-0.05, 0) is 70.4 Å². The van der Waals surface area contributed by atoms with Gasteiger partial charge in [-0.25, -0.2) is 4.68 Å². The minimum Gasteiger partial charge on any atom is -0.484 e. The number of hydrogen-bond donors (Lipinski definition) is 1. The Morgan fingerprint density at radius 1 is 1.03 bits per heavy atom. The van der Waals surface area contributed by atoms with E-state index in [1.807, 2.05) is 71.4 Å². The number of amides is 1. The van der Waals surface area contributed by atoms with Gasteiger partial charge >= 0.3 is 0 Å². The minimum absolute atomic E-state index is 0.0555. The van der Waals surface area contributed by atoms with Crippen LogP contribution in [0.15, 0.2) is 66.7 Å². The van der Waals surface area contributed by atoms with Crippen molar-refractivity contribution in [2.24, 2.45) is 0 Å². The normalized spacial score (nSPS) is 13.4. The Balaban J connectivity index is 1.20. The maximum absolute atomic E-state index is 12.2. The van der Waals surface area contributed by atoms with Crippen molar-refractivity contribution >= 4 is 22.4 Å². The number of carbonyl (C=O) groups excluding carboxylic acids is 1. The topological polar surface area (TPSA) is 81.9 Å². The number of fused-ring (bicyclic) bond motifs is 1. The van der Waals surface area contributed by atoms with Crippen molar-refractivity contribution in [2.75, 3.05) is 11.9 Å². The van der Waals surface area contributed by atoms with Crippen LogP contribution in [-0.4, -0.2) is 32.7 Å². The molecule has 0 atom stereocenters. The number of nitrogens with zero attached hydrogens (tertiary/aromatic N) is 4. The summed E-state index contributed by atoms with van der Waals surface area (Å²) in [6, 6.07) is 21.7. The fourth-order valence-corrected chi connectivity index (χ4v) is 3.25. The summed E-state index contributed by atoms with van der Waals surface area (Å²) >= 11 is 0. The van der Waals surface area contributed by atoms with E-state index in [-0.39, 0.29) is 12.5 Å². The third kappa shape index (κ3) is 3.80. The molecule has 0 aliphatic heterocycles. The van der Waals surface area contributed by atoms with Crippen molar-refractivity contribution in [2.45, 2.75) is 18.9 Å². The van der Waals surface area contributed by atoms with Crippen LogP contribution in [0.1, 0.15) is 18.9 Å². The molecule has 0 radical (unpaired) electrons. The first kappa shape index (κ1) is 17.4. The van der Waals surface area contributed by atoms with Crippen molar-refractivity contribution < 1.29 is 9.53 Å². The van der Waals surface area contributed by atoms with E-state index in [9.17, 15) is 4.79 Å². The molecule has 1 aromatic heterocycles. The molecule has 0 bridgehead atoms. The van der Waals surface area contributed by atoms with Gasteiger partial charge in [0.15, 0.2) is 12.4 Å². The first-order chi connectivity index (χ1) is 14.3. The number of benzene rings is 3. The maximum atomic E-state index is 12.2. The van der Waals surface area contributed by atoms with Crippen LogP contribution in [0.25, 0.3) is 22.2 Å². The van der Waals surface area contributed by atoms with Gasteiger partial charge in [0.25, 0.3) is 5.91 Å². The lowest BCUT2D eigenvalue weighted by molar-refractivity contribution is -0.118. The largest absolute Gasteiger partial charge is 0.484 e. The second-order valence-electron chi connectivity index (χ2n) is 7.10. The Labute approximate surface area is 167 Å². The lowest BCUT2D eigenvalue weighted by Gasteiger charge is -2.09. The fraction of sp³-hybridized carbons (Fsp3) is 0.182. The number of tetrazole rings is 1. The predicted molar refractivity (Wildman–Crippen MR) is 110 cm³/mol. The van der Waals surface area contributed by atoms with E-state index >= 15 is 0 Å². The van der Waals surface area contributed by atoms with Crippen LogP contribution in [0.4, 0.5) is 5.69 Å². The van der Waals surface area contributed by atoms with Gasteiger partial charge in [0, 0.05) is 11.3 Å². The van der Waals surface area contributed by atoms with Crippen LogP contribution < -0.4 is 10.1 Å². The Bertz CT molecular complexity index is 1170. The van der Waals surface area contributed by atoms with Crippen molar-refractivity contribution in [3.8, 4) is 17.1 Å². The molecule has 29 heavy (non-hydrogen) atoms. The molecule has 1 aliphatic carbocycles. The van der Waals surface area contributed by atoms with Gasteiger partial charge in [-0.15, -0.1) is 5.10 Å². The van der Waals surface area contributed by atoms with E-state index in [2.05, 4.69) is 20.8 Å². The standard InChI is InChI=1S/C22H19N5O2/c28-21(14-29-20-12-7-15-3-1-2-4-17(15)13-20)23-18-8-5-16(6-9-18)22-24-25-26-27(22)19-10-11-19/h1-9,12-13,19H,10-11,14H2,(H,23,28). The van der Waals surface area contributed by atoms with Crippen LogP contribution >= 0.6 is 0 Å². The van der Waals surface area contributed by atoms with E-state index in [1.165, 1.54) is 0 Å². The number of ether oxygens (including phenoxy) is 1. The average Bonchev–Trinajstić information content (AvgIpc) is 3.49. The monoisotopic (exact) mass is 385 g/mol. The summed E-state index contributed by atoms with van der Waals surface area (Å²) in [6.45, 7) is -0.0555. The molecule has 7 nitrogen and oxygen atoms in total. The summed E-state index contributed by atoms with van der Waals surface area (Å²) in [7, 11) is 0. The fourth-order valence-electron chi connectivity index (χ4n) is 3.25. The molecular weight excluding hydrogens is 366 g/mol. The molecule has 1 aliphatic rings. The quantitative estimate of drug-likeness (QED) is 0.545. The zero-order valence-corrected chi connectivity index (χ0v) is 15.7. The SMILES string of the molecule is O=C(COc1ccc2ccccc2c1)Nc1ccc(-c2nnnn2C2CC2)cc1. The predicted octanol–water partition coefficient (Wildman–Crippen LogP) is 3.85. The lowest BCUT2D eigenvalue weighted by atomic mass is 10.1. The Kier molecular flexibility index (Phi) is 4.40. The van der Waals surface area contributed by atoms with Crippen LogP contribution in [0.3, 0.4) is 0 Å². The Hall–Kier alpha value is -3.74. The molecule has 1 N–H and O–H groups in total. The van der Waals surface area contributed by atoms with Crippen molar-refractivity contribution in [3.05, 3.63) is 66.7 Å². The first-order valence-corrected chi connectivity index (χ1v) is 9.56. The summed E-state index contributed by atoms with van der Waals surface area (Å²) in [5.74, 6) is 1.21. The number of nitrogens with one attached hydrogen (secondary N) is 1. The molecular formula is C22H19N5O2. The third-order valence-electron chi connectivity index (χ3n) is 4.90. The molecule has 1 fully saturated rings. The number of aromatic nitrogens is 4. The second kappa shape index (κ2) is 7.35. The van der Waals surface area contributed by atoms with E-state index in [4.69, 9.17) is 4.74 Å². The van der Waals surface area contributed by atoms with Crippen molar-refractivity contribution in [1.82, 2.24) is 20.2 Å². The molecule has 7 heteroatoms. The van der Waals surface area contributed by atoms with Crippen LogP contribution in [-0.2, 0) is 4.79 Å².